The molecule has 8 heteroatoms. The van der Waals surface area contributed by atoms with Gasteiger partial charge in [0.05, 0.1) is 24.2 Å². The third kappa shape index (κ3) is 4.00. The second-order valence-electron chi connectivity index (χ2n) is 6.46. The van der Waals surface area contributed by atoms with Crippen LogP contribution < -0.4 is 19.5 Å². The highest BCUT2D eigenvalue weighted by molar-refractivity contribution is 5.97. The number of nitro benzene ring substituents is 1. The lowest BCUT2D eigenvalue weighted by Gasteiger charge is -2.14. The molecule has 0 fully saturated rings. The van der Waals surface area contributed by atoms with Gasteiger partial charge in [-0.1, -0.05) is 0 Å². The average molecular weight is 386 g/mol. The Labute approximate surface area is 162 Å². The lowest BCUT2D eigenvalue weighted by atomic mass is 10.1. The molecule has 0 spiro atoms. The zero-order valence-corrected chi connectivity index (χ0v) is 16.0. The number of non-ortho nitro benzene ring substituents is 1. The van der Waals surface area contributed by atoms with Gasteiger partial charge in [0.2, 0.25) is 0 Å². The summed E-state index contributed by atoms with van der Waals surface area (Å²) in [6.07, 6.45) is 0.913. The summed E-state index contributed by atoms with van der Waals surface area (Å²) in [6, 6.07) is 7.71. The molecule has 3 rings (SSSR count). The van der Waals surface area contributed by atoms with E-state index in [4.69, 9.17) is 14.2 Å². The molecule has 1 atom stereocenters. The monoisotopic (exact) mass is 386 g/mol. The fraction of sp³-hybridized carbons (Fsp3) is 0.350. The highest BCUT2D eigenvalue weighted by atomic mass is 16.6. The van der Waals surface area contributed by atoms with Crippen LogP contribution in [0, 0.1) is 10.1 Å². The number of carbonyl (C=O) groups is 1. The summed E-state index contributed by atoms with van der Waals surface area (Å²) in [5.41, 5.74) is 1.76. The first-order valence-corrected chi connectivity index (χ1v) is 8.98. The summed E-state index contributed by atoms with van der Waals surface area (Å²) in [7, 11) is 1.41. The van der Waals surface area contributed by atoms with Crippen LogP contribution in [-0.2, 0) is 13.0 Å². The van der Waals surface area contributed by atoms with Crippen molar-refractivity contribution in [2.75, 3.05) is 13.7 Å². The normalized spacial score (nSPS) is 14.8. The number of hydrogen-bond donors (Lipinski definition) is 1. The predicted octanol–water partition coefficient (Wildman–Crippen LogP) is 3.26. The first-order valence-electron chi connectivity index (χ1n) is 8.98. The molecule has 1 aliphatic rings. The molecule has 1 aliphatic heterocycles. The lowest BCUT2D eigenvalue weighted by Crippen LogP contribution is -2.24. The highest BCUT2D eigenvalue weighted by Crippen LogP contribution is 2.35. The van der Waals surface area contributed by atoms with Gasteiger partial charge in [0.25, 0.3) is 11.6 Å². The molecule has 1 heterocycles. The van der Waals surface area contributed by atoms with Gasteiger partial charge in [-0.3, -0.25) is 14.9 Å². The third-order valence-corrected chi connectivity index (χ3v) is 4.46. The Kier molecular flexibility index (Phi) is 5.67. The molecule has 0 aliphatic carbocycles. The van der Waals surface area contributed by atoms with Gasteiger partial charge in [-0.2, -0.15) is 0 Å². The second kappa shape index (κ2) is 8.16. The molecule has 28 heavy (non-hydrogen) atoms. The molecule has 148 valence electrons. The predicted molar refractivity (Wildman–Crippen MR) is 102 cm³/mol. The Hall–Kier alpha value is -3.29. The van der Waals surface area contributed by atoms with Crippen LogP contribution in [0.1, 0.15) is 35.3 Å². The minimum Gasteiger partial charge on any atom is -0.496 e. The van der Waals surface area contributed by atoms with Crippen molar-refractivity contribution in [3.05, 3.63) is 57.1 Å². The first-order chi connectivity index (χ1) is 13.4. The maximum absolute atomic E-state index is 12.6. The van der Waals surface area contributed by atoms with Crippen LogP contribution in [0.5, 0.6) is 17.2 Å². The number of benzene rings is 2. The highest BCUT2D eigenvalue weighted by Gasteiger charge is 2.23. The fourth-order valence-corrected chi connectivity index (χ4v) is 3.17. The lowest BCUT2D eigenvalue weighted by molar-refractivity contribution is -0.384. The van der Waals surface area contributed by atoms with Crippen LogP contribution in [0.4, 0.5) is 5.69 Å². The molecule has 1 N–H and O–H groups in total. The van der Waals surface area contributed by atoms with E-state index in [-0.39, 0.29) is 29.6 Å². The molecule has 0 bridgehead atoms. The maximum Gasteiger partial charge on any atom is 0.270 e. The number of methoxy groups -OCH3 is 1. The van der Waals surface area contributed by atoms with E-state index in [9.17, 15) is 14.9 Å². The molecular weight excluding hydrogens is 364 g/mol. The summed E-state index contributed by atoms with van der Waals surface area (Å²) in [4.78, 5) is 23.1. The van der Waals surface area contributed by atoms with Gasteiger partial charge < -0.3 is 19.5 Å². The van der Waals surface area contributed by atoms with E-state index in [0.717, 1.165) is 23.3 Å². The van der Waals surface area contributed by atoms with Crippen LogP contribution in [0.15, 0.2) is 30.3 Å². The van der Waals surface area contributed by atoms with E-state index in [0.29, 0.717) is 12.4 Å². The Morgan fingerprint density at radius 1 is 1.32 bits per heavy atom. The van der Waals surface area contributed by atoms with Crippen LogP contribution in [0.2, 0.25) is 0 Å². The Balaban J connectivity index is 1.82. The van der Waals surface area contributed by atoms with Crippen molar-refractivity contribution in [2.45, 2.75) is 32.9 Å². The molecule has 0 saturated heterocycles. The number of carbonyl (C=O) groups excluding carboxylic acids is 1. The first kappa shape index (κ1) is 19.5. The molecule has 0 unspecified atom stereocenters. The number of rotatable bonds is 7. The molecule has 0 radical (unpaired) electrons. The summed E-state index contributed by atoms with van der Waals surface area (Å²) in [5.74, 6) is 1.26. The smallest absolute Gasteiger partial charge is 0.270 e. The van der Waals surface area contributed by atoms with Crippen molar-refractivity contribution in [3.8, 4) is 17.2 Å². The minimum atomic E-state index is -0.553. The third-order valence-electron chi connectivity index (χ3n) is 4.46. The minimum absolute atomic E-state index is 0.0979. The topological polar surface area (TPSA) is 99.9 Å². The van der Waals surface area contributed by atoms with Crippen molar-refractivity contribution in [1.82, 2.24) is 5.32 Å². The Morgan fingerprint density at radius 3 is 2.79 bits per heavy atom. The summed E-state index contributed by atoms with van der Waals surface area (Å²) >= 11 is 0. The SMILES string of the molecule is CCOc1cc2c(cc1CNC(=O)c1cc([N+](=O)[O-])ccc1OC)O[C@@H](C)C2. The van der Waals surface area contributed by atoms with Gasteiger partial charge in [0.15, 0.2) is 0 Å². The Bertz CT molecular complexity index is 912. The van der Waals surface area contributed by atoms with Crippen molar-refractivity contribution in [1.29, 1.82) is 0 Å². The number of nitrogens with zero attached hydrogens (tertiary/aromatic N) is 1. The van der Waals surface area contributed by atoms with Crippen molar-refractivity contribution >= 4 is 11.6 Å². The van der Waals surface area contributed by atoms with E-state index in [1.807, 2.05) is 26.0 Å². The fourth-order valence-electron chi connectivity index (χ4n) is 3.17. The Morgan fingerprint density at radius 2 is 2.11 bits per heavy atom. The number of nitrogens with one attached hydrogen (secondary N) is 1. The molecule has 2 aromatic rings. The average Bonchev–Trinajstić information content (AvgIpc) is 3.04. The molecular formula is C20H22N2O6. The summed E-state index contributed by atoms with van der Waals surface area (Å²) in [6.45, 7) is 4.57. The number of hydrogen-bond acceptors (Lipinski definition) is 6. The van der Waals surface area contributed by atoms with Gasteiger partial charge in [-0.15, -0.1) is 0 Å². The van der Waals surface area contributed by atoms with Gasteiger partial charge in [0, 0.05) is 36.2 Å². The largest absolute Gasteiger partial charge is 0.496 e. The van der Waals surface area contributed by atoms with Crippen molar-refractivity contribution < 1.29 is 23.9 Å². The van der Waals surface area contributed by atoms with E-state index in [1.165, 1.54) is 25.3 Å². The molecule has 0 saturated carbocycles. The van der Waals surface area contributed by atoms with E-state index in [1.54, 1.807) is 0 Å². The number of amides is 1. The molecule has 1 amide bonds. The van der Waals surface area contributed by atoms with E-state index in [2.05, 4.69) is 5.32 Å². The maximum atomic E-state index is 12.6. The number of ether oxygens (including phenoxy) is 3. The van der Waals surface area contributed by atoms with E-state index < -0.39 is 10.8 Å². The zero-order valence-electron chi connectivity index (χ0n) is 16.0. The molecule has 2 aromatic carbocycles. The summed E-state index contributed by atoms with van der Waals surface area (Å²) in [5, 5.41) is 13.8. The molecule has 8 nitrogen and oxygen atoms in total. The molecule has 0 aromatic heterocycles. The van der Waals surface area contributed by atoms with Crippen LogP contribution in [-0.4, -0.2) is 30.7 Å². The number of nitro groups is 1. The van der Waals surface area contributed by atoms with Crippen molar-refractivity contribution in [2.24, 2.45) is 0 Å². The quantitative estimate of drug-likeness (QED) is 0.579. The van der Waals surface area contributed by atoms with Crippen LogP contribution in [0.25, 0.3) is 0 Å². The van der Waals surface area contributed by atoms with Crippen LogP contribution >= 0.6 is 0 Å². The number of fused-ring (bicyclic) bond motifs is 1. The second-order valence-corrected chi connectivity index (χ2v) is 6.46. The summed E-state index contributed by atoms with van der Waals surface area (Å²) < 4.78 is 16.7. The van der Waals surface area contributed by atoms with Gasteiger partial charge >= 0.3 is 0 Å². The van der Waals surface area contributed by atoms with Gasteiger partial charge in [-0.05, 0) is 32.0 Å². The zero-order chi connectivity index (χ0) is 20.3. The van der Waals surface area contributed by atoms with Gasteiger partial charge in [-0.25, -0.2) is 0 Å². The van der Waals surface area contributed by atoms with E-state index >= 15 is 0 Å². The van der Waals surface area contributed by atoms with Gasteiger partial charge in [0.1, 0.15) is 23.4 Å². The van der Waals surface area contributed by atoms with Crippen molar-refractivity contribution in [3.63, 3.8) is 0 Å². The van der Waals surface area contributed by atoms with Crippen LogP contribution in [0.3, 0.4) is 0 Å². The standard InChI is InChI=1S/C20H22N2O6/c1-4-27-18-8-13-7-12(2)28-19(13)9-14(18)11-21-20(23)16-10-15(22(24)25)5-6-17(16)26-3/h5-6,8-10,12H,4,7,11H2,1-3H3,(H,21,23)/t12-/m0/s1.